The Hall–Kier alpha value is -5.89. The second-order valence-electron chi connectivity index (χ2n) is 8.97. The molecule has 1 atom stereocenters. The van der Waals surface area contributed by atoms with E-state index < -0.39 is 22.8 Å². The number of methoxy groups -OCH3 is 1. The summed E-state index contributed by atoms with van der Waals surface area (Å²) in [7, 11) is 1.40. The van der Waals surface area contributed by atoms with Crippen molar-refractivity contribution < 1.29 is 28.7 Å². The molecule has 0 aromatic heterocycles. The van der Waals surface area contributed by atoms with Gasteiger partial charge in [0.1, 0.15) is 18.4 Å². The number of carbonyl (C=O) groups excluding carboxylic acids is 2. The second kappa shape index (κ2) is 13.5. The molecule has 0 heterocycles. The summed E-state index contributed by atoms with van der Waals surface area (Å²) in [6, 6.07) is 25.0. The molecule has 11 heteroatoms. The van der Waals surface area contributed by atoms with Gasteiger partial charge in [-0.2, -0.15) is 5.26 Å². The summed E-state index contributed by atoms with van der Waals surface area (Å²) in [6.45, 7) is 1.42. The number of nitro groups is 1. The SMILES string of the molecule is COc1cc(C(Nc2ccc(C#N)cc2)C(=O)Nc2ccc(OC(C)=O)cc2)c([N+](=O)[O-])cc1OCc1ccccc1. The number of nitro benzene ring substituents is 1. The van der Waals surface area contributed by atoms with E-state index in [2.05, 4.69) is 10.6 Å². The summed E-state index contributed by atoms with van der Waals surface area (Å²) in [6.07, 6.45) is 0. The minimum Gasteiger partial charge on any atom is -0.493 e. The van der Waals surface area contributed by atoms with Gasteiger partial charge in [0.15, 0.2) is 11.5 Å². The van der Waals surface area contributed by atoms with E-state index >= 15 is 0 Å². The van der Waals surface area contributed by atoms with Crippen molar-refractivity contribution in [1.29, 1.82) is 5.26 Å². The van der Waals surface area contributed by atoms with Crippen LogP contribution in [0, 0.1) is 21.4 Å². The van der Waals surface area contributed by atoms with Gasteiger partial charge >= 0.3 is 5.97 Å². The number of rotatable bonds is 11. The van der Waals surface area contributed by atoms with Crippen LogP contribution < -0.4 is 24.8 Å². The Morgan fingerprint density at radius 2 is 1.62 bits per heavy atom. The van der Waals surface area contributed by atoms with Gasteiger partial charge in [-0.3, -0.25) is 19.7 Å². The molecule has 4 aromatic rings. The molecule has 0 aliphatic carbocycles. The Kier molecular flexibility index (Phi) is 9.32. The van der Waals surface area contributed by atoms with Gasteiger partial charge < -0.3 is 24.8 Å². The van der Waals surface area contributed by atoms with Crippen LogP contribution in [0.15, 0.2) is 91.0 Å². The van der Waals surface area contributed by atoms with Crippen LogP contribution >= 0.6 is 0 Å². The van der Waals surface area contributed by atoms with Crippen molar-refractivity contribution in [2.75, 3.05) is 17.7 Å². The fraction of sp³-hybridized carbons (Fsp3) is 0.129. The van der Waals surface area contributed by atoms with Crippen molar-refractivity contribution in [3.05, 3.63) is 118 Å². The molecule has 0 aliphatic rings. The average molecular weight is 567 g/mol. The molecule has 1 unspecified atom stereocenters. The molecule has 0 saturated heterocycles. The maximum Gasteiger partial charge on any atom is 0.308 e. The summed E-state index contributed by atoms with van der Waals surface area (Å²) < 4.78 is 16.4. The Morgan fingerprint density at radius 1 is 0.952 bits per heavy atom. The van der Waals surface area contributed by atoms with Crippen LogP contribution in [0.5, 0.6) is 17.2 Å². The third kappa shape index (κ3) is 7.40. The van der Waals surface area contributed by atoms with Gasteiger partial charge in [0.25, 0.3) is 11.6 Å². The monoisotopic (exact) mass is 566 g/mol. The Balaban J connectivity index is 1.71. The molecule has 11 nitrogen and oxygen atoms in total. The topological polar surface area (TPSA) is 153 Å². The van der Waals surface area contributed by atoms with E-state index in [-0.39, 0.29) is 29.4 Å². The van der Waals surface area contributed by atoms with Gasteiger partial charge in [0.05, 0.1) is 35.3 Å². The zero-order chi connectivity index (χ0) is 30.1. The third-order valence-corrected chi connectivity index (χ3v) is 6.03. The van der Waals surface area contributed by atoms with Crippen LogP contribution in [0.2, 0.25) is 0 Å². The Morgan fingerprint density at radius 3 is 2.21 bits per heavy atom. The first kappa shape index (κ1) is 29.1. The maximum absolute atomic E-state index is 13.7. The molecule has 4 rings (SSSR count). The predicted octanol–water partition coefficient (Wildman–Crippen LogP) is 5.77. The standard InChI is InChI=1S/C31H26N4O7/c1-20(36)42-25-14-12-24(13-15-25)34-31(37)30(33-23-10-8-21(18-32)9-11-23)26-16-28(40-2)29(17-27(26)35(38)39)41-19-22-6-4-3-5-7-22/h3-17,30,33H,19H2,1-2H3,(H,34,37). The van der Waals surface area contributed by atoms with E-state index in [1.54, 1.807) is 24.3 Å². The van der Waals surface area contributed by atoms with E-state index in [0.717, 1.165) is 5.56 Å². The highest BCUT2D eigenvalue weighted by Crippen LogP contribution is 2.39. The zero-order valence-electron chi connectivity index (χ0n) is 22.7. The van der Waals surface area contributed by atoms with Crippen LogP contribution in [0.3, 0.4) is 0 Å². The minimum absolute atomic E-state index is 0.0160. The molecule has 0 fully saturated rings. The fourth-order valence-corrected chi connectivity index (χ4v) is 4.04. The van der Waals surface area contributed by atoms with E-state index in [0.29, 0.717) is 22.7 Å². The van der Waals surface area contributed by atoms with Gasteiger partial charge in [-0.15, -0.1) is 0 Å². The number of nitrogens with zero attached hydrogens (tertiary/aromatic N) is 2. The van der Waals surface area contributed by atoms with E-state index in [1.165, 1.54) is 50.4 Å². The summed E-state index contributed by atoms with van der Waals surface area (Å²) in [4.78, 5) is 36.6. The van der Waals surface area contributed by atoms with Crippen molar-refractivity contribution in [2.45, 2.75) is 19.6 Å². The molecule has 0 bridgehead atoms. The number of esters is 1. The van der Waals surface area contributed by atoms with Gasteiger partial charge in [0.2, 0.25) is 0 Å². The first-order valence-corrected chi connectivity index (χ1v) is 12.7. The normalized spacial score (nSPS) is 11.0. The van der Waals surface area contributed by atoms with Crippen LogP contribution in [0.1, 0.15) is 29.7 Å². The number of nitriles is 1. The Bertz CT molecular complexity index is 1620. The van der Waals surface area contributed by atoms with E-state index in [9.17, 15) is 19.7 Å². The highest BCUT2D eigenvalue weighted by atomic mass is 16.6. The Labute approximate surface area is 241 Å². The van der Waals surface area contributed by atoms with Crippen molar-refractivity contribution in [2.24, 2.45) is 0 Å². The lowest BCUT2D eigenvalue weighted by Crippen LogP contribution is -2.28. The molecular weight excluding hydrogens is 540 g/mol. The number of benzene rings is 4. The molecule has 0 radical (unpaired) electrons. The summed E-state index contributed by atoms with van der Waals surface area (Å²) in [5.74, 6) is -0.495. The molecule has 0 saturated carbocycles. The van der Waals surface area contributed by atoms with E-state index in [4.69, 9.17) is 19.5 Å². The number of anilines is 2. The number of carbonyl (C=O) groups is 2. The summed E-state index contributed by atoms with van der Waals surface area (Å²) >= 11 is 0. The lowest BCUT2D eigenvalue weighted by Gasteiger charge is -2.21. The smallest absolute Gasteiger partial charge is 0.308 e. The highest BCUT2D eigenvalue weighted by Gasteiger charge is 2.31. The maximum atomic E-state index is 13.7. The van der Waals surface area contributed by atoms with Gasteiger partial charge in [0, 0.05) is 18.3 Å². The van der Waals surface area contributed by atoms with Crippen LogP contribution in [0.4, 0.5) is 17.1 Å². The molecule has 212 valence electrons. The largest absolute Gasteiger partial charge is 0.493 e. The quantitative estimate of drug-likeness (QED) is 0.0997. The zero-order valence-corrected chi connectivity index (χ0v) is 22.7. The number of amides is 1. The van der Waals surface area contributed by atoms with Crippen molar-refractivity contribution in [1.82, 2.24) is 0 Å². The van der Waals surface area contributed by atoms with Crippen LogP contribution in [0.25, 0.3) is 0 Å². The fourth-order valence-electron chi connectivity index (χ4n) is 4.04. The van der Waals surface area contributed by atoms with Gasteiger partial charge in [-0.1, -0.05) is 30.3 Å². The predicted molar refractivity (Wildman–Crippen MR) is 154 cm³/mol. The number of hydrogen-bond acceptors (Lipinski definition) is 9. The number of nitrogens with one attached hydrogen (secondary N) is 2. The lowest BCUT2D eigenvalue weighted by atomic mass is 10.0. The second-order valence-corrected chi connectivity index (χ2v) is 8.97. The van der Waals surface area contributed by atoms with Crippen LogP contribution in [-0.4, -0.2) is 23.9 Å². The average Bonchev–Trinajstić information content (AvgIpc) is 3.00. The minimum atomic E-state index is -1.27. The molecule has 2 N–H and O–H groups in total. The molecule has 1 amide bonds. The summed E-state index contributed by atoms with van der Waals surface area (Å²) in [5.41, 5.74) is 1.71. The third-order valence-electron chi connectivity index (χ3n) is 6.03. The summed E-state index contributed by atoms with van der Waals surface area (Å²) in [5, 5.41) is 27.2. The highest BCUT2D eigenvalue weighted by molar-refractivity contribution is 5.98. The van der Waals surface area contributed by atoms with Crippen molar-refractivity contribution in [3.8, 4) is 23.3 Å². The molecule has 0 aliphatic heterocycles. The molecule has 0 spiro atoms. The van der Waals surface area contributed by atoms with E-state index in [1.807, 2.05) is 36.4 Å². The van der Waals surface area contributed by atoms with Crippen molar-refractivity contribution in [3.63, 3.8) is 0 Å². The van der Waals surface area contributed by atoms with Gasteiger partial charge in [-0.05, 0) is 60.2 Å². The van der Waals surface area contributed by atoms with Gasteiger partial charge in [-0.25, -0.2) is 0 Å². The lowest BCUT2D eigenvalue weighted by molar-refractivity contribution is -0.385. The first-order chi connectivity index (χ1) is 20.3. The molecular formula is C31H26N4O7. The molecule has 42 heavy (non-hydrogen) atoms. The number of hydrogen-bond donors (Lipinski definition) is 2. The first-order valence-electron chi connectivity index (χ1n) is 12.7. The van der Waals surface area contributed by atoms with Crippen molar-refractivity contribution >= 4 is 28.9 Å². The number of ether oxygens (including phenoxy) is 3. The molecule has 4 aromatic carbocycles. The van der Waals surface area contributed by atoms with Crippen LogP contribution in [-0.2, 0) is 16.2 Å².